The predicted molar refractivity (Wildman–Crippen MR) is 78.4 cm³/mol. The van der Waals surface area contributed by atoms with E-state index >= 15 is 0 Å². The maximum Gasteiger partial charge on any atom is 0.150 e. The number of aromatic nitrogens is 3. The fourth-order valence-electron chi connectivity index (χ4n) is 3.03. The molecule has 1 aliphatic rings. The van der Waals surface area contributed by atoms with Crippen LogP contribution < -0.4 is 5.32 Å². The first-order chi connectivity index (χ1) is 9.30. The largest absolute Gasteiger partial charge is 0.312 e. The lowest BCUT2D eigenvalue weighted by atomic mass is 9.90. The van der Waals surface area contributed by atoms with Crippen molar-refractivity contribution in [2.45, 2.75) is 77.8 Å². The van der Waals surface area contributed by atoms with Crippen molar-refractivity contribution < 1.29 is 0 Å². The van der Waals surface area contributed by atoms with Crippen LogP contribution in [0.2, 0.25) is 0 Å². The molecule has 1 aromatic rings. The van der Waals surface area contributed by atoms with Crippen LogP contribution in [-0.4, -0.2) is 27.4 Å². The molecule has 4 nitrogen and oxygen atoms in total. The summed E-state index contributed by atoms with van der Waals surface area (Å²) in [4.78, 5) is 4.66. The maximum atomic E-state index is 4.75. The fourth-order valence-corrected chi connectivity index (χ4v) is 3.03. The summed E-state index contributed by atoms with van der Waals surface area (Å²) in [6, 6.07) is 1.08. The minimum absolute atomic E-state index is 0.503. The number of hydrogen-bond acceptors (Lipinski definition) is 3. The molecule has 0 bridgehead atoms. The van der Waals surface area contributed by atoms with E-state index in [4.69, 9.17) is 5.10 Å². The highest BCUT2D eigenvalue weighted by atomic mass is 15.4. The Hall–Kier alpha value is -0.900. The van der Waals surface area contributed by atoms with Crippen LogP contribution in [0.4, 0.5) is 0 Å². The second-order valence-electron chi connectivity index (χ2n) is 5.51. The molecule has 1 heterocycles. The molecule has 2 unspecified atom stereocenters. The summed E-state index contributed by atoms with van der Waals surface area (Å²) in [5.74, 6) is 2.16. The second-order valence-corrected chi connectivity index (χ2v) is 5.51. The summed E-state index contributed by atoms with van der Waals surface area (Å²) in [5, 5.41) is 8.46. The van der Waals surface area contributed by atoms with Crippen molar-refractivity contribution in [3.63, 3.8) is 0 Å². The van der Waals surface area contributed by atoms with Crippen LogP contribution in [0.1, 0.15) is 70.6 Å². The monoisotopic (exact) mass is 264 g/mol. The van der Waals surface area contributed by atoms with Crippen LogP contribution >= 0.6 is 0 Å². The normalized spacial score (nSPS) is 23.7. The molecule has 0 saturated heterocycles. The van der Waals surface area contributed by atoms with Crippen molar-refractivity contribution in [3.05, 3.63) is 11.6 Å². The third-order valence-corrected chi connectivity index (χ3v) is 4.08. The van der Waals surface area contributed by atoms with Crippen LogP contribution in [0.25, 0.3) is 0 Å². The average Bonchev–Trinajstić information content (AvgIpc) is 2.88. The van der Waals surface area contributed by atoms with Gasteiger partial charge in [-0.3, -0.25) is 0 Å². The molecule has 1 aliphatic carbocycles. The highest BCUT2D eigenvalue weighted by Crippen LogP contribution is 2.29. The highest BCUT2D eigenvalue weighted by molar-refractivity contribution is 4.98. The molecule has 0 aliphatic heterocycles. The third-order valence-electron chi connectivity index (χ3n) is 4.08. The van der Waals surface area contributed by atoms with E-state index in [-0.39, 0.29) is 0 Å². The van der Waals surface area contributed by atoms with Gasteiger partial charge in [-0.15, -0.1) is 0 Å². The molecule has 1 aromatic heterocycles. The van der Waals surface area contributed by atoms with Crippen molar-refractivity contribution in [1.29, 1.82) is 0 Å². The van der Waals surface area contributed by atoms with Gasteiger partial charge in [-0.05, 0) is 25.8 Å². The number of rotatable bonds is 6. The Morgan fingerprint density at radius 2 is 1.95 bits per heavy atom. The lowest BCUT2D eigenvalue weighted by Gasteiger charge is -2.33. The average molecular weight is 264 g/mol. The first kappa shape index (κ1) is 14.5. The number of nitrogens with one attached hydrogen (secondary N) is 1. The Balaban J connectivity index is 2.18. The van der Waals surface area contributed by atoms with Gasteiger partial charge in [0.25, 0.3) is 0 Å². The Labute approximate surface area is 117 Å². The molecule has 0 radical (unpaired) electrons. The zero-order valence-electron chi connectivity index (χ0n) is 12.7. The summed E-state index contributed by atoms with van der Waals surface area (Å²) in [6.45, 7) is 7.65. The van der Waals surface area contributed by atoms with E-state index in [9.17, 15) is 0 Å². The molecule has 108 valence electrons. The molecule has 0 aromatic carbocycles. The SMILES string of the molecule is CCCNC1CCCCC1n1nc(CC)nc1CC. The summed E-state index contributed by atoms with van der Waals surface area (Å²) in [5.41, 5.74) is 0. The van der Waals surface area contributed by atoms with Gasteiger partial charge in [0.15, 0.2) is 5.82 Å². The zero-order valence-corrected chi connectivity index (χ0v) is 12.7. The first-order valence-electron chi connectivity index (χ1n) is 7.97. The second kappa shape index (κ2) is 7.04. The van der Waals surface area contributed by atoms with E-state index in [1.807, 2.05) is 0 Å². The third kappa shape index (κ3) is 3.35. The predicted octanol–water partition coefficient (Wildman–Crippen LogP) is 2.89. The molecule has 1 N–H and O–H groups in total. The molecule has 4 heteroatoms. The number of aryl methyl sites for hydroxylation is 2. The van der Waals surface area contributed by atoms with Crippen molar-refractivity contribution >= 4 is 0 Å². The van der Waals surface area contributed by atoms with Gasteiger partial charge >= 0.3 is 0 Å². The summed E-state index contributed by atoms with van der Waals surface area (Å²) in [6.07, 6.45) is 8.27. The Bertz CT molecular complexity index is 385. The van der Waals surface area contributed by atoms with E-state index in [0.717, 1.165) is 31.0 Å². The smallest absolute Gasteiger partial charge is 0.150 e. The molecule has 2 atom stereocenters. The molecule has 0 amide bonds. The number of hydrogen-bond donors (Lipinski definition) is 1. The highest BCUT2D eigenvalue weighted by Gasteiger charge is 2.28. The van der Waals surface area contributed by atoms with Crippen LogP contribution in [0, 0.1) is 0 Å². The minimum Gasteiger partial charge on any atom is -0.312 e. The van der Waals surface area contributed by atoms with Crippen molar-refractivity contribution in [1.82, 2.24) is 20.1 Å². The fraction of sp³-hybridized carbons (Fsp3) is 0.867. The molecular weight excluding hydrogens is 236 g/mol. The van der Waals surface area contributed by atoms with E-state index in [1.165, 1.54) is 32.1 Å². The summed E-state index contributed by atoms with van der Waals surface area (Å²) < 4.78 is 2.23. The molecule has 0 spiro atoms. The van der Waals surface area contributed by atoms with Gasteiger partial charge in [-0.1, -0.05) is 33.6 Å². The van der Waals surface area contributed by atoms with Gasteiger partial charge in [0.2, 0.25) is 0 Å². The molecule has 2 rings (SSSR count). The van der Waals surface area contributed by atoms with Crippen molar-refractivity contribution in [3.8, 4) is 0 Å². The minimum atomic E-state index is 0.503. The van der Waals surface area contributed by atoms with E-state index in [1.54, 1.807) is 0 Å². The Kier molecular flexibility index (Phi) is 5.37. The van der Waals surface area contributed by atoms with Crippen LogP contribution in [0.3, 0.4) is 0 Å². The molecule has 19 heavy (non-hydrogen) atoms. The summed E-state index contributed by atoms with van der Waals surface area (Å²) in [7, 11) is 0. The Morgan fingerprint density at radius 3 is 2.63 bits per heavy atom. The van der Waals surface area contributed by atoms with Gasteiger partial charge < -0.3 is 5.32 Å². The summed E-state index contributed by atoms with van der Waals surface area (Å²) >= 11 is 0. The van der Waals surface area contributed by atoms with Gasteiger partial charge in [0.05, 0.1) is 6.04 Å². The van der Waals surface area contributed by atoms with E-state index < -0.39 is 0 Å². The first-order valence-corrected chi connectivity index (χ1v) is 7.97. The van der Waals surface area contributed by atoms with Gasteiger partial charge in [-0.2, -0.15) is 5.10 Å². The Morgan fingerprint density at radius 1 is 1.16 bits per heavy atom. The topological polar surface area (TPSA) is 42.7 Å². The quantitative estimate of drug-likeness (QED) is 0.859. The van der Waals surface area contributed by atoms with Gasteiger partial charge in [-0.25, -0.2) is 9.67 Å². The van der Waals surface area contributed by atoms with Crippen LogP contribution in [-0.2, 0) is 12.8 Å². The van der Waals surface area contributed by atoms with Crippen molar-refractivity contribution in [2.24, 2.45) is 0 Å². The molecule has 1 fully saturated rings. The van der Waals surface area contributed by atoms with Crippen molar-refractivity contribution in [2.75, 3.05) is 6.54 Å². The zero-order chi connectivity index (χ0) is 13.7. The van der Waals surface area contributed by atoms with E-state index in [2.05, 4.69) is 35.8 Å². The lowest BCUT2D eigenvalue weighted by Crippen LogP contribution is -2.41. The van der Waals surface area contributed by atoms with Crippen LogP contribution in [0.5, 0.6) is 0 Å². The van der Waals surface area contributed by atoms with Gasteiger partial charge in [0, 0.05) is 18.9 Å². The van der Waals surface area contributed by atoms with E-state index in [0.29, 0.717) is 12.1 Å². The standard InChI is InChI=1S/C15H28N4/c1-4-11-16-12-9-7-8-10-13(12)19-15(6-3)17-14(5-2)18-19/h12-13,16H,4-11H2,1-3H3. The lowest BCUT2D eigenvalue weighted by molar-refractivity contribution is 0.242. The van der Waals surface area contributed by atoms with Crippen LogP contribution in [0.15, 0.2) is 0 Å². The van der Waals surface area contributed by atoms with Gasteiger partial charge in [0.1, 0.15) is 5.82 Å². The molecular formula is C15H28N4. The molecule has 1 saturated carbocycles. The maximum absolute atomic E-state index is 4.75. The number of nitrogens with zero attached hydrogens (tertiary/aromatic N) is 3.